The Labute approximate surface area is 203 Å². The third kappa shape index (κ3) is 6.23. The summed E-state index contributed by atoms with van der Waals surface area (Å²) in [5.41, 5.74) is 3.51. The van der Waals surface area contributed by atoms with Crippen LogP contribution >= 0.6 is 27.7 Å². The molecule has 0 saturated carbocycles. The fourth-order valence-electron chi connectivity index (χ4n) is 2.85. The van der Waals surface area contributed by atoms with E-state index in [1.54, 1.807) is 30.3 Å². The Kier molecular flexibility index (Phi) is 7.93. The minimum Gasteiger partial charge on any atom is -0.484 e. The van der Waals surface area contributed by atoms with Crippen molar-refractivity contribution in [3.63, 3.8) is 0 Å². The van der Waals surface area contributed by atoms with Gasteiger partial charge in [0.25, 0.3) is 17.1 Å². The highest BCUT2D eigenvalue weighted by atomic mass is 79.9. The molecule has 2 aromatic carbocycles. The smallest absolute Gasteiger partial charge is 0.325 e. The number of nitrogens with zero attached hydrogens (tertiary/aromatic N) is 1. The number of nitrogens with one attached hydrogen (secondary N) is 1. The summed E-state index contributed by atoms with van der Waals surface area (Å²) >= 11 is 4.20. The van der Waals surface area contributed by atoms with Crippen molar-refractivity contribution in [3.8, 4) is 5.75 Å². The minimum atomic E-state index is -0.672. The third-order valence-corrected chi connectivity index (χ3v) is 6.36. The molecule has 0 atom stereocenters. The van der Waals surface area contributed by atoms with Crippen molar-refractivity contribution in [1.29, 1.82) is 0 Å². The number of rotatable bonds is 7. The van der Waals surface area contributed by atoms with Gasteiger partial charge in [-0.25, -0.2) is 0 Å². The Balaban J connectivity index is 1.58. The van der Waals surface area contributed by atoms with Crippen molar-refractivity contribution < 1.29 is 28.7 Å². The van der Waals surface area contributed by atoms with Crippen LogP contribution in [0, 0.1) is 13.8 Å². The zero-order chi connectivity index (χ0) is 24.1. The Morgan fingerprint density at radius 2 is 1.79 bits per heavy atom. The SMILES string of the molecule is COC(=O)CN1C(=O)S/C(=C\c2ccc(OCC(=O)Nc3cc(C)c(C)cc3Br)cc2)C1=O. The number of thioether (sulfide) groups is 1. The lowest BCUT2D eigenvalue weighted by Gasteiger charge is -2.11. The first-order valence-corrected chi connectivity index (χ1v) is 11.4. The second-order valence-corrected chi connectivity index (χ2v) is 9.01. The van der Waals surface area contributed by atoms with Crippen LogP contribution < -0.4 is 10.1 Å². The van der Waals surface area contributed by atoms with Gasteiger partial charge in [0.1, 0.15) is 12.3 Å². The summed E-state index contributed by atoms with van der Waals surface area (Å²) in [7, 11) is 1.19. The lowest BCUT2D eigenvalue weighted by atomic mass is 10.1. The van der Waals surface area contributed by atoms with Gasteiger partial charge in [-0.05, 0) is 88.6 Å². The standard InChI is InChI=1S/C23H21BrN2O6S/c1-13-8-17(24)18(9-14(13)2)25-20(27)12-32-16-6-4-15(5-7-16)10-19-22(29)26(23(30)33-19)11-21(28)31-3/h4-10H,11-12H2,1-3H3,(H,25,27)/b19-10-. The highest BCUT2D eigenvalue weighted by molar-refractivity contribution is 9.10. The summed E-state index contributed by atoms with van der Waals surface area (Å²) in [4.78, 5) is 49.0. The molecule has 1 N–H and O–H groups in total. The summed E-state index contributed by atoms with van der Waals surface area (Å²) < 4.78 is 10.8. The van der Waals surface area contributed by atoms with Crippen LogP contribution in [0.4, 0.5) is 10.5 Å². The average molecular weight is 533 g/mol. The Morgan fingerprint density at radius 1 is 1.12 bits per heavy atom. The lowest BCUT2D eigenvalue weighted by molar-refractivity contribution is -0.143. The van der Waals surface area contributed by atoms with Crippen LogP contribution in [0.1, 0.15) is 16.7 Å². The molecule has 2 aromatic rings. The van der Waals surface area contributed by atoms with E-state index in [0.717, 1.165) is 32.3 Å². The molecule has 0 radical (unpaired) electrons. The molecule has 33 heavy (non-hydrogen) atoms. The number of amides is 3. The first-order chi connectivity index (χ1) is 15.7. The zero-order valence-corrected chi connectivity index (χ0v) is 20.5. The van der Waals surface area contributed by atoms with Crippen molar-refractivity contribution in [2.45, 2.75) is 13.8 Å². The van der Waals surface area contributed by atoms with E-state index in [-0.39, 0.29) is 17.4 Å². The molecule has 1 fully saturated rings. The maximum Gasteiger partial charge on any atom is 0.325 e. The van der Waals surface area contributed by atoms with Crippen molar-refractivity contribution in [2.75, 3.05) is 25.6 Å². The molecule has 0 bridgehead atoms. The number of ether oxygens (including phenoxy) is 2. The molecule has 1 aliphatic heterocycles. The lowest BCUT2D eigenvalue weighted by Crippen LogP contribution is -2.34. The molecule has 3 amide bonds. The number of imide groups is 1. The normalized spacial score (nSPS) is 14.5. The fraction of sp³-hybridized carbons (Fsp3) is 0.217. The number of carbonyl (C=O) groups is 4. The molecule has 0 spiro atoms. The molecule has 1 saturated heterocycles. The Morgan fingerprint density at radius 3 is 2.45 bits per heavy atom. The Bertz CT molecular complexity index is 1150. The maximum atomic E-state index is 12.4. The average Bonchev–Trinajstić information content (AvgIpc) is 3.04. The van der Waals surface area contributed by atoms with E-state index in [2.05, 4.69) is 26.0 Å². The molecule has 1 heterocycles. The molecule has 10 heteroatoms. The zero-order valence-electron chi connectivity index (χ0n) is 18.1. The van der Waals surface area contributed by atoms with Crippen LogP contribution in [0.3, 0.4) is 0 Å². The van der Waals surface area contributed by atoms with Gasteiger partial charge in [0.15, 0.2) is 6.61 Å². The number of methoxy groups -OCH3 is 1. The summed E-state index contributed by atoms with van der Waals surface area (Å²) in [6.07, 6.45) is 1.55. The van der Waals surface area contributed by atoms with Gasteiger partial charge in [-0.3, -0.25) is 24.1 Å². The van der Waals surface area contributed by atoms with Gasteiger partial charge in [-0.15, -0.1) is 0 Å². The van der Waals surface area contributed by atoms with Gasteiger partial charge in [-0.1, -0.05) is 12.1 Å². The highest BCUT2D eigenvalue weighted by Crippen LogP contribution is 2.32. The molecule has 172 valence electrons. The van der Waals surface area contributed by atoms with E-state index in [1.165, 1.54) is 7.11 Å². The predicted octanol–water partition coefficient (Wildman–Crippen LogP) is 4.29. The molecule has 0 unspecified atom stereocenters. The molecule has 1 aliphatic rings. The van der Waals surface area contributed by atoms with Crippen molar-refractivity contribution in [1.82, 2.24) is 4.90 Å². The molecule has 8 nitrogen and oxygen atoms in total. The van der Waals surface area contributed by atoms with Crippen molar-refractivity contribution in [3.05, 3.63) is 62.5 Å². The van der Waals surface area contributed by atoms with Crippen LogP contribution in [0.25, 0.3) is 6.08 Å². The summed E-state index contributed by atoms with van der Waals surface area (Å²) in [5, 5.41) is 2.28. The van der Waals surface area contributed by atoms with Gasteiger partial charge in [0, 0.05) is 4.47 Å². The first-order valence-electron chi connectivity index (χ1n) is 9.79. The number of halogens is 1. The maximum absolute atomic E-state index is 12.4. The summed E-state index contributed by atoms with van der Waals surface area (Å²) in [6, 6.07) is 10.5. The minimum absolute atomic E-state index is 0.175. The molecular formula is C23H21BrN2O6S. The number of anilines is 1. The first kappa shape index (κ1) is 24.5. The predicted molar refractivity (Wildman–Crippen MR) is 129 cm³/mol. The topological polar surface area (TPSA) is 102 Å². The molecule has 3 rings (SSSR count). The second-order valence-electron chi connectivity index (χ2n) is 7.17. The van der Waals surface area contributed by atoms with Crippen molar-refractivity contribution in [2.24, 2.45) is 0 Å². The van der Waals surface area contributed by atoms with Crippen LogP contribution in [-0.2, 0) is 19.1 Å². The van der Waals surface area contributed by atoms with Gasteiger partial charge in [-0.2, -0.15) is 0 Å². The summed E-state index contributed by atoms with van der Waals surface area (Å²) in [5.74, 6) is -1.05. The van der Waals surface area contributed by atoms with Crippen LogP contribution in [0.15, 0.2) is 45.8 Å². The van der Waals surface area contributed by atoms with Crippen LogP contribution in [0.2, 0.25) is 0 Å². The fourth-order valence-corrected chi connectivity index (χ4v) is 4.25. The monoisotopic (exact) mass is 532 g/mol. The molecule has 0 aromatic heterocycles. The third-order valence-electron chi connectivity index (χ3n) is 4.79. The van der Waals surface area contributed by atoms with Crippen molar-refractivity contribution >= 4 is 62.5 Å². The van der Waals surface area contributed by atoms with Gasteiger partial charge < -0.3 is 14.8 Å². The number of aryl methyl sites for hydroxylation is 2. The van der Waals surface area contributed by atoms with Crippen LogP contribution in [-0.4, -0.2) is 48.2 Å². The number of benzene rings is 2. The van der Waals surface area contributed by atoms with Crippen LogP contribution in [0.5, 0.6) is 5.75 Å². The highest BCUT2D eigenvalue weighted by Gasteiger charge is 2.36. The quantitative estimate of drug-likeness (QED) is 0.419. The van der Waals surface area contributed by atoms with E-state index in [9.17, 15) is 19.2 Å². The summed E-state index contributed by atoms with van der Waals surface area (Å²) in [6.45, 7) is 3.36. The number of hydrogen-bond donors (Lipinski definition) is 1. The molecule has 0 aliphatic carbocycles. The number of carbonyl (C=O) groups excluding carboxylic acids is 4. The van der Waals surface area contributed by atoms with E-state index in [0.29, 0.717) is 17.0 Å². The largest absolute Gasteiger partial charge is 0.484 e. The number of hydrogen-bond acceptors (Lipinski definition) is 7. The second kappa shape index (κ2) is 10.7. The van der Waals surface area contributed by atoms with E-state index >= 15 is 0 Å². The Hall–Kier alpha value is -3.11. The van der Waals surface area contributed by atoms with E-state index in [1.807, 2.05) is 26.0 Å². The van der Waals surface area contributed by atoms with Gasteiger partial charge in [0.2, 0.25) is 0 Å². The number of esters is 1. The van der Waals surface area contributed by atoms with Gasteiger partial charge >= 0.3 is 5.97 Å². The van der Waals surface area contributed by atoms with E-state index < -0.39 is 23.7 Å². The molecular weight excluding hydrogens is 512 g/mol. The van der Waals surface area contributed by atoms with Gasteiger partial charge in [0.05, 0.1) is 17.7 Å². The van der Waals surface area contributed by atoms with E-state index in [4.69, 9.17) is 4.74 Å².